The number of hydrogen-bond acceptors (Lipinski definition) is 6. The van der Waals surface area contributed by atoms with Gasteiger partial charge in [-0.2, -0.15) is 8.42 Å². The van der Waals surface area contributed by atoms with E-state index >= 15 is 0 Å². The zero-order valence-electron chi connectivity index (χ0n) is 26.5. The third kappa shape index (κ3) is 8.00. The lowest BCUT2D eigenvalue weighted by Gasteiger charge is -2.24. The first kappa shape index (κ1) is 33.1. The van der Waals surface area contributed by atoms with Crippen molar-refractivity contribution in [2.24, 2.45) is 0 Å². The van der Waals surface area contributed by atoms with Crippen LogP contribution in [0.1, 0.15) is 36.1 Å². The number of benzene rings is 3. The second-order valence-electron chi connectivity index (χ2n) is 12.2. The largest absolute Gasteiger partial charge is 0.487 e. The van der Waals surface area contributed by atoms with E-state index in [9.17, 15) is 18.0 Å². The summed E-state index contributed by atoms with van der Waals surface area (Å²) in [4.78, 5) is 27.3. The van der Waals surface area contributed by atoms with Crippen molar-refractivity contribution in [3.63, 3.8) is 0 Å². The molecule has 0 atom stereocenters. The lowest BCUT2D eigenvalue weighted by atomic mass is 10.0. The van der Waals surface area contributed by atoms with Crippen molar-refractivity contribution < 1.29 is 27.5 Å². The van der Waals surface area contributed by atoms with Gasteiger partial charge in [0.05, 0.1) is 5.69 Å². The molecule has 0 unspecified atom stereocenters. The SMILES string of the molecule is CCN(CC)C(=O)Oc1ccc(C)cc1Cc1ccc(N2CC(=O)N(CC[Si](C)(C)C)S2(=O)=O)c(OCc2ccccc2)c1. The van der Waals surface area contributed by atoms with Gasteiger partial charge in [0.15, 0.2) is 0 Å². The molecule has 1 saturated heterocycles. The Labute approximate surface area is 262 Å². The summed E-state index contributed by atoms with van der Waals surface area (Å²) in [6.07, 6.45) is 0.00311. The standard InChI is InChI=1S/C33H43N3O6SSi/c1-7-34(8-2)33(38)42-30-17-14-25(3)20-28(30)21-27-15-16-29(31(22-27)41-24-26-12-10-9-11-13-26)36-23-32(37)35(43(36,39)40)18-19-44(4,5)6/h9-17,20,22H,7-8,18-19,21,23-24H2,1-6H3. The minimum Gasteiger partial charge on any atom is -0.487 e. The van der Waals surface area contributed by atoms with Gasteiger partial charge in [0.1, 0.15) is 24.7 Å². The minimum absolute atomic E-state index is 0.175. The highest BCUT2D eigenvalue weighted by molar-refractivity contribution is 7.91. The molecule has 236 valence electrons. The molecule has 1 heterocycles. The second-order valence-corrected chi connectivity index (χ2v) is 19.6. The Morgan fingerprint density at radius 2 is 1.64 bits per heavy atom. The van der Waals surface area contributed by atoms with Crippen LogP contribution in [-0.2, 0) is 28.0 Å². The molecule has 4 rings (SSSR count). The van der Waals surface area contributed by atoms with Crippen molar-refractivity contribution in [3.05, 3.63) is 89.0 Å². The molecule has 0 bridgehead atoms. The molecule has 11 heteroatoms. The highest BCUT2D eigenvalue weighted by Gasteiger charge is 2.44. The van der Waals surface area contributed by atoms with E-state index in [1.165, 1.54) is 0 Å². The number of amides is 2. The molecule has 0 aromatic heterocycles. The number of aryl methyl sites for hydroxylation is 1. The third-order valence-corrected chi connectivity index (χ3v) is 11.1. The molecule has 0 spiro atoms. The van der Waals surface area contributed by atoms with Gasteiger partial charge in [-0.3, -0.25) is 4.79 Å². The fourth-order valence-corrected chi connectivity index (χ4v) is 7.55. The fraction of sp³-hybridized carbons (Fsp3) is 0.394. The van der Waals surface area contributed by atoms with Gasteiger partial charge in [-0.05, 0) is 61.7 Å². The predicted molar refractivity (Wildman–Crippen MR) is 176 cm³/mol. The van der Waals surface area contributed by atoms with E-state index in [2.05, 4.69) is 19.6 Å². The quantitative estimate of drug-likeness (QED) is 0.218. The van der Waals surface area contributed by atoms with Crippen molar-refractivity contribution >= 4 is 36.0 Å². The summed E-state index contributed by atoms with van der Waals surface area (Å²) >= 11 is 0. The first-order valence-electron chi connectivity index (χ1n) is 15.0. The van der Waals surface area contributed by atoms with Crippen LogP contribution >= 0.6 is 0 Å². The molecular formula is C33H43N3O6SSi. The highest BCUT2D eigenvalue weighted by Crippen LogP contribution is 2.37. The Bertz CT molecular complexity index is 1590. The van der Waals surface area contributed by atoms with Crippen LogP contribution < -0.4 is 13.8 Å². The van der Waals surface area contributed by atoms with Crippen molar-refractivity contribution in [1.82, 2.24) is 9.21 Å². The zero-order chi connectivity index (χ0) is 32.1. The van der Waals surface area contributed by atoms with E-state index in [4.69, 9.17) is 9.47 Å². The summed E-state index contributed by atoms with van der Waals surface area (Å²) in [5.41, 5.74) is 3.89. The molecule has 0 radical (unpaired) electrons. The van der Waals surface area contributed by atoms with Crippen LogP contribution in [0.4, 0.5) is 10.5 Å². The molecule has 44 heavy (non-hydrogen) atoms. The van der Waals surface area contributed by atoms with Gasteiger partial charge in [-0.25, -0.2) is 13.4 Å². The van der Waals surface area contributed by atoms with Crippen molar-refractivity contribution in [2.75, 3.05) is 30.5 Å². The van der Waals surface area contributed by atoms with Crippen LogP contribution in [0.15, 0.2) is 66.7 Å². The van der Waals surface area contributed by atoms with Crippen LogP contribution in [0.2, 0.25) is 25.7 Å². The lowest BCUT2D eigenvalue weighted by molar-refractivity contribution is -0.123. The van der Waals surface area contributed by atoms with Crippen molar-refractivity contribution in [2.45, 2.75) is 59.5 Å². The molecular weight excluding hydrogens is 595 g/mol. The second kappa shape index (κ2) is 13.9. The molecule has 2 amide bonds. The lowest BCUT2D eigenvalue weighted by Crippen LogP contribution is -2.37. The molecule has 3 aromatic carbocycles. The Kier molecular flexibility index (Phi) is 10.4. The van der Waals surface area contributed by atoms with Gasteiger partial charge in [-0.15, -0.1) is 0 Å². The first-order valence-corrected chi connectivity index (χ1v) is 20.1. The van der Waals surface area contributed by atoms with E-state index in [-0.39, 0.29) is 19.7 Å². The average Bonchev–Trinajstić information content (AvgIpc) is 3.20. The number of carbonyl (C=O) groups is 2. The van der Waals surface area contributed by atoms with E-state index in [1.807, 2.05) is 69.3 Å². The van der Waals surface area contributed by atoms with Gasteiger partial charge in [0, 0.05) is 34.1 Å². The van der Waals surface area contributed by atoms with E-state index in [0.29, 0.717) is 42.7 Å². The molecule has 0 N–H and O–H groups in total. The number of anilines is 1. The van der Waals surface area contributed by atoms with Crippen LogP contribution in [0.3, 0.4) is 0 Å². The fourth-order valence-electron chi connectivity index (χ4n) is 4.95. The maximum atomic E-state index is 13.7. The van der Waals surface area contributed by atoms with Gasteiger partial charge in [0.25, 0.3) is 5.91 Å². The summed E-state index contributed by atoms with van der Waals surface area (Å²) in [6.45, 7) is 13.4. The average molecular weight is 638 g/mol. The molecule has 1 fully saturated rings. The number of hydrogen-bond donors (Lipinski definition) is 0. The Balaban J connectivity index is 1.68. The third-order valence-electron chi connectivity index (χ3n) is 7.54. The van der Waals surface area contributed by atoms with Crippen LogP contribution in [-0.4, -0.2) is 63.9 Å². The predicted octanol–water partition coefficient (Wildman–Crippen LogP) is 6.24. The van der Waals surface area contributed by atoms with Crippen molar-refractivity contribution in [1.29, 1.82) is 0 Å². The molecule has 1 aliphatic rings. The number of nitrogens with zero attached hydrogens (tertiary/aromatic N) is 3. The van der Waals surface area contributed by atoms with Crippen molar-refractivity contribution in [3.8, 4) is 11.5 Å². The topological polar surface area (TPSA) is 96.5 Å². The normalized spacial score (nSPS) is 14.5. The van der Waals surface area contributed by atoms with Gasteiger partial charge in [-0.1, -0.05) is 73.7 Å². The minimum atomic E-state index is -4.07. The molecule has 0 aliphatic carbocycles. The molecule has 0 saturated carbocycles. The van der Waals surface area contributed by atoms with Crippen LogP contribution in [0.5, 0.6) is 11.5 Å². The summed E-state index contributed by atoms with van der Waals surface area (Å²) in [7, 11) is -5.66. The summed E-state index contributed by atoms with van der Waals surface area (Å²) < 4.78 is 41.5. The maximum absolute atomic E-state index is 13.7. The summed E-state index contributed by atoms with van der Waals surface area (Å²) in [5, 5.41) is 0. The zero-order valence-corrected chi connectivity index (χ0v) is 28.3. The van der Waals surface area contributed by atoms with Crippen LogP contribution in [0, 0.1) is 6.92 Å². The van der Waals surface area contributed by atoms with E-state index in [0.717, 1.165) is 30.9 Å². The first-order chi connectivity index (χ1) is 20.8. The van der Waals surface area contributed by atoms with Gasteiger partial charge < -0.3 is 14.4 Å². The van der Waals surface area contributed by atoms with Gasteiger partial charge in [0.2, 0.25) is 0 Å². The number of rotatable bonds is 12. The van der Waals surface area contributed by atoms with Gasteiger partial charge >= 0.3 is 16.3 Å². The number of ether oxygens (including phenoxy) is 2. The highest BCUT2D eigenvalue weighted by atomic mass is 32.2. The monoisotopic (exact) mass is 637 g/mol. The molecule has 9 nitrogen and oxygen atoms in total. The number of carbonyl (C=O) groups excluding carboxylic acids is 2. The molecule has 1 aliphatic heterocycles. The maximum Gasteiger partial charge on any atom is 0.415 e. The molecule has 3 aromatic rings. The Morgan fingerprint density at radius 1 is 0.932 bits per heavy atom. The Hall–Kier alpha value is -3.83. The summed E-state index contributed by atoms with van der Waals surface area (Å²) in [5.74, 6) is 0.374. The Morgan fingerprint density at radius 3 is 2.30 bits per heavy atom. The summed E-state index contributed by atoms with van der Waals surface area (Å²) in [6, 6.07) is 21.3. The van der Waals surface area contributed by atoms with Crippen LogP contribution in [0.25, 0.3) is 0 Å². The van der Waals surface area contributed by atoms with E-state index < -0.39 is 30.3 Å². The van der Waals surface area contributed by atoms with E-state index in [1.54, 1.807) is 23.1 Å². The smallest absolute Gasteiger partial charge is 0.415 e.